The van der Waals surface area contributed by atoms with Gasteiger partial charge < -0.3 is 20.9 Å². The molecule has 7 nitrogen and oxygen atoms in total. The molecule has 0 spiro atoms. The lowest BCUT2D eigenvalue weighted by Crippen LogP contribution is -2.18. The van der Waals surface area contributed by atoms with Gasteiger partial charge in [-0.15, -0.1) is 0 Å². The summed E-state index contributed by atoms with van der Waals surface area (Å²) in [4.78, 5) is 19.5. The van der Waals surface area contributed by atoms with Crippen LogP contribution in [0.15, 0.2) is 35.4 Å². The van der Waals surface area contributed by atoms with Gasteiger partial charge in [-0.25, -0.2) is 13.6 Å². The summed E-state index contributed by atoms with van der Waals surface area (Å²) in [6, 6.07) is 4.66. The van der Waals surface area contributed by atoms with Gasteiger partial charge in [0.25, 0.3) is 0 Å². The molecule has 9 heteroatoms. The lowest BCUT2D eigenvalue weighted by Gasteiger charge is -2.17. The molecule has 1 fully saturated rings. The molecule has 2 aromatic heterocycles. The molecule has 1 aliphatic rings. The van der Waals surface area contributed by atoms with Crippen LogP contribution in [0.25, 0.3) is 15.7 Å². The number of nitrogens with one attached hydrogen (secondary N) is 2. The lowest BCUT2D eigenvalue weighted by molar-refractivity contribution is 0.591. The Morgan fingerprint density at radius 3 is 2.62 bits per heavy atom. The second-order valence-electron chi connectivity index (χ2n) is 6.83. The molecule has 3 aromatic rings. The minimum atomic E-state index is -0.972. The Bertz CT molecular complexity index is 1180. The fourth-order valence-corrected chi connectivity index (χ4v) is 3.24. The molecule has 4 rings (SSSR count). The minimum absolute atomic E-state index is 0.0331. The third-order valence-electron chi connectivity index (χ3n) is 4.83. The minimum Gasteiger partial charge on any atom is -0.396 e. The Balaban J connectivity index is 1.58. The zero-order valence-corrected chi connectivity index (χ0v) is 15.4. The molecular formula is C20H18F2N6O. The summed E-state index contributed by atoms with van der Waals surface area (Å²) >= 11 is 0. The van der Waals surface area contributed by atoms with Crippen LogP contribution < -0.4 is 21.8 Å². The number of nitrogen functional groups attached to an aromatic ring is 1. The maximum absolute atomic E-state index is 15.2. The Morgan fingerprint density at radius 2 is 1.97 bits per heavy atom. The Kier molecular flexibility index (Phi) is 4.76. The van der Waals surface area contributed by atoms with E-state index in [1.54, 1.807) is 16.7 Å². The molecule has 148 valence electrons. The van der Waals surface area contributed by atoms with Gasteiger partial charge in [0.15, 0.2) is 17.1 Å². The maximum atomic E-state index is 15.2. The summed E-state index contributed by atoms with van der Waals surface area (Å²) in [5.41, 5.74) is 5.10. The van der Waals surface area contributed by atoms with E-state index in [1.165, 1.54) is 18.5 Å². The zero-order chi connectivity index (χ0) is 20.5. The number of anilines is 3. The topological polar surface area (TPSA) is 89.3 Å². The van der Waals surface area contributed by atoms with Gasteiger partial charge in [-0.1, -0.05) is 6.07 Å². The summed E-state index contributed by atoms with van der Waals surface area (Å²) < 4.78 is 31.6. The monoisotopic (exact) mass is 396 g/mol. The molecule has 0 bridgehead atoms. The highest BCUT2D eigenvalue weighted by Crippen LogP contribution is 2.40. The van der Waals surface area contributed by atoms with E-state index < -0.39 is 17.1 Å². The smallest absolute Gasteiger partial charge is 0.205 e. The summed E-state index contributed by atoms with van der Waals surface area (Å²) in [6.45, 7) is 7.41. The van der Waals surface area contributed by atoms with E-state index in [0.717, 1.165) is 12.8 Å². The first-order chi connectivity index (χ1) is 14.0. The van der Waals surface area contributed by atoms with Crippen LogP contribution in [0.3, 0.4) is 0 Å². The van der Waals surface area contributed by atoms with Crippen LogP contribution in [0.1, 0.15) is 18.9 Å². The number of hydrogen-bond donors (Lipinski definition) is 3. The van der Waals surface area contributed by atoms with Crippen molar-refractivity contribution in [2.24, 2.45) is 0 Å². The van der Waals surface area contributed by atoms with Gasteiger partial charge in [-0.05, 0) is 18.9 Å². The molecule has 4 N–H and O–H groups in total. The molecule has 0 radical (unpaired) electrons. The number of aromatic nitrogens is 2. The zero-order valence-electron chi connectivity index (χ0n) is 15.4. The van der Waals surface area contributed by atoms with Crippen LogP contribution in [0.4, 0.5) is 31.7 Å². The van der Waals surface area contributed by atoms with Gasteiger partial charge in [0.1, 0.15) is 11.5 Å². The predicted molar refractivity (Wildman–Crippen MR) is 108 cm³/mol. The average Bonchev–Trinajstić information content (AvgIpc) is 3.57. The predicted octanol–water partition coefficient (Wildman–Crippen LogP) is 3.67. The molecule has 0 amide bonds. The largest absolute Gasteiger partial charge is 0.396 e. The molecule has 1 aliphatic carbocycles. The number of nitrogens with zero attached hydrogens (tertiary/aromatic N) is 3. The average molecular weight is 396 g/mol. The second-order valence-corrected chi connectivity index (χ2v) is 6.83. The van der Waals surface area contributed by atoms with Crippen molar-refractivity contribution in [3.63, 3.8) is 0 Å². The molecular weight excluding hydrogens is 378 g/mol. The Labute approximate surface area is 165 Å². The Morgan fingerprint density at radius 1 is 1.21 bits per heavy atom. The highest BCUT2D eigenvalue weighted by molar-refractivity contribution is 5.95. The molecule has 0 saturated heterocycles. The van der Waals surface area contributed by atoms with Crippen molar-refractivity contribution >= 4 is 33.8 Å². The van der Waals surface area contributed by atoms with Crippen molar-refractivity contribution in [1.82, 2.24) is 9.55 Å². The van der Waals surface area contributed by atoms with Crippen LogP contribution in [-0.4, -0.2) is 22.6 Å². The van der Waals surface area contributed by atoms with E-state index in [1.807, 2.05) is 0 Å². The number of pyridine rings is 2. The van der Waals surface area contributed by atoms with Crippen molar-refractivity contribution in [2.45, 2.75) is 18.9 Å². The normalized spacial score (nSPS) is 13.3. The van der Waals surface area contributed by atoms with Crippen molar-refractivity contribution < 1.29 is 8.78 Å². The number of fused-ring (bicyclic) bond motifs is 1. The molecule has 29 heavy (non-hydrogen) atoms. The summed E-state index contributed by atoms with van der Waals surface area (Å²) in [7, 11) is 0. The van der Waals surface area contributed by atoms with Gasteiger partial charge in [0.05, 0.1) is 23.2 Å². The molecule has 1 aromatic carbocycles. The van der Waals surface area contributed by atoms with Crippen LogP contribution in [-0.2, 0) is 0 Å². The van der Waals surface area contributed by atoms with Crippen LogP contribution >= 0.6 is 0 Å². The van der Waals surface area contributed by atoms with Crippen molar-refractivity contribution in [2.75, 3.05) is 29.5 Å². The first-order valence-electron chi connectivity index (χ1n) is 9.13. The number of benzene rings is 1. The van der Waals surface area contributed by atoms with Gasteiger partial charge in [0.2, 0.25) is 5.69 Å². The number of hydrogen-bond acceptors (Lipinski definition) is 5. The third-order valence-corrected chi connectivity index (χ3v) is 4.83. The first-order valence-corrected chi connectivity index (χ1v) is 9.13. The molecule has 2 heterocycles. The van der Waals surface area contributed by atoms with Crippen LogP contribution in [0, 0.1) is 18.2 Å². The van der Waals surface area contributed by atoms with E-state index in [2.05, 4.69) is 20.5 Å². The van der Waals surface area contributed by atoms with Gasteiger partial charge in [0, 0.05) is 37.6 Å². The van der Waals surface area contributed by atoms with E-state index in [-0.39, 0.29) is 34.9 Å². The van der Waals surface area contributed by atoms with E-state index in [9.17, 15) is 9.18 Å². The maximum Gasteiger partial charge on any atom is 0.205 e. The number of nitrogens with two attached hydrogens (primary N) is 1. The van der Waals surface area contributed by atoms with Crippen molar-refractivity contribution in [3.8, 4) is 0 Å². The van der Waals surface area contributed by atoms with Crippen molar-refractivity contribution in [1.29, 1.82) is 0 Å². The van der Waals surface area contributed by atoms with Gasteiger partial charge >= 0.3 is 0 Å². The van der Waals surface area contributed by atoms with Gasteiger partial charge in [-0.2, -0.15) is 0 Å². The Hall–Kier alpha value is -3.67. The van der Waals surface area contributed by atoms with E-state index in [0.29, 0.717) is 18.1 Å². The SMILES string of the molecule is [C-]#[N+]c1ccc(NCCNc2c(F)c(N)c3c(=O)ccn(C4CC4)c3c2F)nc1. The summed E-state index contributed by atoms with van der Waals surface area (Å²) in [6.07, 6.45) is 4.72. The molecule has 0 atom stereocenters. The van der Waals surface area contributed by atoms with E-state index >= 15 is 4.39 Å². The summed E-state index contributed by atoms with van der Waals surface area (Å²) in [5, 5.41) is 5.60. The number of halogens is 2. The van der Waals surface area contributed by atoms with Crippen LogP contribution in [0.5, 0.6) is 0 Å². The summed E-state index contributed by atoms with van der Waals surface area (Å²) in [5.74, 6) is -1.25. The highest BCUT2D eigenvalue weighted by Gasteiger charge is 2.29. The molecule has 0 unspecified atom stereocenters. The number of rotatable bonds is 6. The molecule has 1 saturated carbocycles. The molecule has 0 aliphatic heterocycles. The first kappa shape index (κ1) is 18.7. The van der Waals surface area contributed by atoms with E-state index in [4.69, 9.17) is 12.3 Å². The highest BCUT2D eigenvalue weighted by atomic mass is 19.1. The third kappa shape index (κ3) is 3.45. The quantitative estimate of drug-likeness (QED) is 0.336. The second kappa shape index (κ2) is 7.39. The lowest BCUT2D eigenvalue weighted by atomic mass is 10.1. The standard InChI is InChI=1S/C20H18F2N6O/c1-24-11-2-5-14(27-10-11)25-7-8-26-19-16(21)18(23)15-13(29)6-9-28(12-3-4-12)20(15)17(19)22/h2,5-6,9-10,12,26H,3-4,7-8,23H2,(H,25,27). The fourth-order valence-electron chi connectivity index (χ4n) is 3.24. The van der Waals surface area contributed by atoms with Crippen molar-refractivity contribution in [3.05, 3.63) is 63.9 Å². The fraction of sp³-hybridized carbons (Fsp3) is 0.250. The van der Waals surface area contributed by atoms with Gasteiger partial charge in [-0.3, -0.25) is 9.78 Å². The van der Waals surface area contributed by atoms with Crippen LogP contribution in [0.2, 0.25) is 0 Å².